The molecule has 4 atom stereocenters. The van der Waals surface area contributed by atoms with E-state index in [1.165, 1.54) is 48.9 Å². The molecule has 1 aromatic heterocycles. The van der Waals surface area contributed by atoms with Gasteiger partial charge in [-0.2, -0.15) is 0 Å². The van der Waals surface area contributed by atoms with Crippen molar-refractivity contribution in [2.24, 2.45) is 5.92 Å². The first-order chi connectivity index (χ1) is 10.7. The van der Waals surface area contributed by atoms with Gasteiger partial charge in [0, 0.05) is 41.1 Å². The van der Waals surface area contributed by atoms with E-state index >= 15 is 0 Å². The van der Waals surface area contributed by atoms with Gasteiger partial charge in [-0.3, -0.25) is 4.90 Å². The highest BCUT2D eigenvalue weighted by molar-refractivity contribution is 5.85. The van der Waals surface area contributed by atoms with Crippen LogP contribution in [0.25, 0.3) is 10.9 Å². The highest BCUT2D eigenvalue weighted by Gasteiger charge is 2.52. The quantitative estimate of drug-likeness (QED) is 0.787. The van der Waals surface area contributed by atoms with E-state index in [0.717, 1.165) is 5.92 Å². The summed E-state index contributed by atoms with van der Waals surface area (Å²) in [5.41, 5.74) is 6.38. The Morgan fingerprint density at radius 3 is 3.05 bits per heavy atom. The van der Waals surface area contributed by atoms with Gasteiger partial charge in [0.1, 0.15) is 0 Å². The van der Waals surface area contributed by atoms with E-state index in [4.69, 9.17) is 0 Å². The van der Waals surface area contributed by atoms with E-state index in [0.29, 0.717) is 6.04 Å². The summed E-state index contributed by atoms with van der Waals surface area (Å²) >= 11 is 0. The summed E-state index contributed by atoms with van der Waals surface area (Å²) in [4.78, 5) is 6.60. The number of hydrogen-bond donors (Lipinski definition) is 1. The highest BCUT2D eigenvalue weighted by atomic mass is 15.2. The second kappa shape index (κ2) is 4.26. The summed E-state index contributed by atoms with van der Waals surface area (Å²) in [5.74, 6) is 0.738. The van der Waals surface area contributed by atoms with Crippen molar-refractivity contribution in [1.82, 2.24) is 9.88 Å². The average Bonchev–Trinajstić information content (AvgIpc) is 2.88. The second-order valence-corrected chi connectivity index (χ2v) is 7.65. The standard InChI is InChI=1S/C20H24N2/c1-3-14-10-13-11-20(2)18-16(8-9-22(12-13)19(14)20)15-6-4-5-7-17(15)21-18/h4-7,10,13,19,21H,3,8-9,11-12H2,1-2H3. The molecule has 4 unspecified atom stereocenters. The number of fused-ring (bicyclic) bond motifs is 3. The molecule has 4 heterocycles. The van der Waals surface area contributed by atoms with Crippen molar-refractivity contribution in [3.8, 4) is 0 Å². The van der Waals surface area contributed by atoms with E-state index in [1.54, 1.807) is 11.1 Å². The van der Waals surface area contributed by atoms with E-state index < -0.39 is 0 Å². The van der Waals surface area contributed by atoms with Crippen LogP contribution in [0.5, 0.6) is 0 Å². The lowest BCUT2D eigenvalue weighted by atomic mass is 9.62. The normalized spacial score (nSPS) is 36.1. The third-order valence-corrected chi connectivity index (χ3v) is 6.37. The molecule has 4 aliphatic rings. The second-order valence-electron chi connectivity index (χ2n) is 7.65. The van der Waals surface area contributed by atoms with Crippen molar-refractivity contribution in [3.63, 3.8) is 0 Å². The van der Waals surface area contributed by atoms with Crippen LogP contribution in [0.2, 0.25) is 0 Å². The Hall–Kier alpha value is -1.54. The van der Waals surface area contributed by atoms with Gasteiger partial charge in [-0.25, -0.2) is 0 Å². The SMILES string of the molecule is CCC1=CC2CN3CCc4c([nH]c5ccccc45)C(C)(C2)C13. The summed E-state index contributed by atoms with van der Waals surface area (Å²) in [5, 5.41) is 1.45. The minimum atomic E-state index is 0.258. The Labute approximate surface area is 132 Å². The Morgan fingerprint density at radius 2 is 2.18 bits per heavy atom. The van der Waals surface area contributed by atoms with Crippen molar-refractivity contribution >= 4 is 10.9 Å². The minimum absolute atomic E-state index is 0.258. The van der Waals surface area contributed by atoms with Gasteiger partial charge >= 0.3 is 0 Å². The Balaban J connectivity index is 1.78. The third-order valence-electron chi connectivity index (χ3n) is 6.37. The number of benzene rings is 1. The van der Waals surface area contributed by atoms with Gasteiger partial charge in [-0.05, 0) is 36.8 Å². The first-order valence-electron chi connectivity index (χ1n) is 8.75. The summed E-state index contributed by atoms with van der Waals surface area (Å²) < 4.78 is 0. The molecule has 2 nitrogen and oxygen atoms in total. The molecule has 1 aromatic carbocycles. The predicted molar refractivity (Wildman–Crippen MR) is 91.2 cm³/mol. The number of rotatable bonds is 1. The summed E-state index contributed by atoms with van der Waals surface area (Å²) in [6.07, 6.45) is 6.28. The lowest BCUT2D eigenvalue weighted by molar-refractivity contribution is 0.0619. The Bertz CT molecular complexity index is 784. The number of para-hydroxylation sites is 1. The number of hydrogen-bond acceptors (Lipinski definition) is 1. The predicted octanol–water partition coefficient (Wildman–Crippen LogP) is 4.02. The maximum absolute atomic E-state index is 3.83. The zero-order valence-corrected chi connectivity index (χ0v) is 13.5. The molecule has 4 bridgehead atoms. The fourth-order valence-electron chi connectivity index (χ4n) is 5.65. The van der Waals surface area contributed by atoms with Gasteiger partial charge in [0.15, 0.2) is 0 Å². The van der Waals surface area contributed by atoms with Crippen molar-refractivity contribution in [2.75, 3.05) is 13.1 Å². The summed E-state index contributed by atoms with van der Waals surface area (Å²) in [6.45, 7) is 7.32. The zero-order valence-electron chi connectivity index (χ0n) is 13.5. The first kappa shape index (κ1) is 13.0. The number of piperidine rings is 1. The summed E-state index contributed by atoms with van der Waals surface area (Å²) in [6, 6.07) is 9.48. The van der Waals surface area contributed by atoms with Gasteiger partial charge < -0.3 is 4.98 Å². The first-order valence-corrected chi connectivity index (χ1v) is 8.75. The van der Waals surface area contributed by atoms with Crippen LogP contribution in [0.4, 0.5) is 0 Å². The van der Waals surface area contributed by atoms with E-state index in [-0.39, 0.29) is 5.41 Å². The van der Waals surface area contributed by atoms with Crippen LogP contribution < -0.4 is 0 Å². The molecule has 1 saturated heterocycles. The maximum atomic E-state index is 3.83. The number of nitrogens with zero attached hydrogens (tertiary/aromatic N) is 1. The van der Waals surface area contributed by atoms with E-state index in [9.17, 15) is 0 Å². The van der Waals surface area contributed by atoms with Crippen LogP contribution in [-0.2, 0) is 11.8 Å². The minimum Gasteiger partial charge on any atom is -0.358 e. The number of aromatic amines is 1. The molecule has 1 fully saturated rings. The van der Waals surface area contributed by atoms with Gasteiger partial charge in [-0.15, -0.1) is 0 Å². The van der Waals surface area contributed by atoms with Gasteiger partial charge in [0.05, 0.1) is 0 Å². The molecular formula is C20H24N2. The highest BCUT2D eigenvalue weighted by Crippen LogP contribution is 2.52. The summed E-state index contributed by atoms with van der Waals surface area (Å²) in [7, 11) is 0. The monoisotopic (exact) mass is 292 g/mol. The zero-order chi connectivity index (χ0) is 14.9. The van der Waals surface area contributed by atoms with Crippen molar-refractivity contribution < 1.29 is 0 Å². The smallest absolute Gasteiger partial charge is 0.0459 e. The van der Waals surface area contributed by atoms with E-state index in [2.05, 4.69) is 54.1 Å². The number of aromatic nitrogens is 1. The van der Waals surface area contributed by atoms with Crippen LogP contribution in [-0.4, -0.2) is 29.0 Å². The molecule has 1 aliphatic carbocycles. The van der Waals surface area contributed by atoms with Crippen LogP contribution >= 0.6 is 0 Å². The van der Waals surface area contributed by atoms with Crippen molar-refractivity contribution in [1.29, 1.82) is 0 Å². The Morgan fingerprint density at radius 1 is 1.32 bits per heavy atom. The molecular weight excluding hydrogens is 268 g/mol. The van der Waals surface area contributed by atoms with Crippen LogP contribution in [0.1, 0.15) is 37.9 Å². The number of H-pyrrole nitrogens is 1. The van der Waals surface area contributed by atoms with Gasteiger partial charge in [0.2, 0.25) is 0 Å². The van der Waals surface area contributed by atoms with Crippen LogP contribution in [0, 0.1) is 5.92 Å². The molecule has 0 spiro atoms. The molecule has 114 valence electrons. The van der Waals surface area contributed by atoms with Crippen molar-refractivity contribution in [3.05, 3.63) is 47.2 Å². The third kappa shape index (κ3) is 1.49. The Kier molecular flexibility index (Phi) is 2.51. The molecule has 0 amide bonds. The molecule has 0 radical (unpaired) electrons. The maximum Gasteiger partial charge on any atom is 0.0459 e. The average molecular weight is 292 g/mol. The fraction of sp³-hybridized carbons (Fsp3) is 0.500. The molecule has 1 N–H and O–H groups in total. The lowest BCUT2D eigenvalue weighted by Gasteiger charge is -2.54. The topological polar surface area (TPSA) is 19.0 Å². The molecule has 3 aliphatic heterocycles. The molecule has 0 saturated carbocycles. The number of nitrogens with one attached hydrogen (secondary N) is 1. The largest absolute Gasteiger partial charge is 0.358 e. The van der Waals surface area contributed by atoms with Gasteiger partial charge in [0.25, 0.3) is 0 Å². The van der Waals surface area contributed by atoms with Crippen LogP contribution in [0.3, 0.4) is 0 Å². The molecule has 6 rings (SSSR count). The van der Waals surface area contributed by atoms with Crippen molar-refractivity contribution in [2.45, 2.75) is 44.6 Å². The fourth-order valence-corrected chi connectivity index (χ4v) is 5.65. The molecule has 2 aromatic rings. The van der Waals surface area contributed by atoms with Gasteiger partial charge in [-0.1, -0.05) is 43.7 Å². The van der Waals surface area contributed by atoms with E-state index in [1.807, 2.05) is 0 Å². The van der Waals surface area contributed by atoms with Crippen LogP contribution in [0.15, 0.2) is 35.9 Å². The molecule has 22 heavy (non-hydrogen) atoms. The molecule has 2 heteroatoms. The lowest BCUT2D eigenvalue weighted by Crippen LogP contribution is -2.59.